The first-order valence-electron chi connectivity index (χ1n) is 8.45. The van der Waals surface area contributed by atoms with Crippen molar-refractivity contribution in [3.63, 3.8) is 0 Å². The topological polar surface area (TPSA) is 107 Å². The van der Waals surface area contributed by atoms with Gasteiger partial charge in [0.1, 0.15) is 5.75 Å². The Bertz CT molecular complexity index is 821. The zero-order valence-electron chi connectivity index (χ0n) is 15.2. The molecule has 1 aromatic heterocycles. The molecule has 1 aromatic carbocycles. The zero-order chi connectivity index (χ0) is 19.2. The second-order valence-electron chi connectivity index (χ2n) is 5.97. The van der Waals surface area contributed by atoms with Crippen LogP contribution in [0.25, 0.3) is 0 Å². The van der Waals surface area contributed by atoms with E-state index in [4.69, 9.17) is 9.47 Å². The maximum absolute atomic E-state index is 12.7. The molecule has 9 nitrogen and oxygen atoms in total. The van der Waals surface area contributed by atoms with Gasteiger partial charge in [-0.1, -0.05) is 6.07 Å². The van der Waals surface area contributed by atoms with E-state index >= 15 is 0 Å². The molecule has 1 fully saturated rings. The molecule has 1 aliphatic rings. The van der Waals surface area contributed by atoms with Crippen LogP contribution in [0.4, 0.5) is 5.69 Å². The summed E-state index contributed by atoms with van der Waals surface area (Å²) in [5.74, 6) is 0.252. The zero-order valence-corrected chi connectivity index (χ0v) is 16.1. The van der Waals surface area contributed by atoms with E-state index in [9.17, 15) is 14.9 Å². The van der Waals surface area contributed by atoms with Gasteiger partial charge in [-0.2, -0.15) is 0 Å². The second-order valence-corrected chi connectivity index (χ2v) is 5.97. The third kappa shape index (κ3) is 4.87. The molecule has 0 aliphatic carbocycles. The molecule has 1 atom stereocenters. The third-order valence-electron chi connectivity index (χ3n) is 4.34. The number of piperazine rings is 1. The molecule has 10 heteroatoms. The molecule has 1 unspecified atom stereocenters. The van der Waals surface area contributed by atoms with Crippen LogP contribution >= 0.6 is 12.4 Å². The number of hydrogen-bond donors (Lipinski definition) is 1. The maximum Gasteiger partial charge on any atom is 0.311 e. The number of rotatable bonds is 6. The lowest BCUT2D eigenvalue weighted by atomic mass is 10.1. The van der Waals surface area contributed by atoms with Crippen LogP contribution in [0.3, 0.4) is 0 Å². The smallest absolute Gasteiger partial charge is 0.311 e. The predicted octanol–water partition coefficient (Wildman–Crippen LogP) is 1.97. The first-order valence-corrected chi connectivity index (χ1v) is 8.45. The number of carbonyl (C=O) groups is 1. The molecule has 0 bridgehead atoms. The lowest BCUT2D eigenvalue weighted by Gasteiger charge is -2.36. The molecule has 1 aliphatic heterocycles. The Morgan fingerprint density at radius 2 is 2.25 bits per heavy atom. The van der Waals surface area contributed by atoms with Gasteiger partial charge in [-0.15, -0.1) is 12.4 Å². The Balaban J connectivity index is 0.00000280. The molecule has 150 valence electrons. The molecule has 3 rings (SSSR count). The number of methoxy groups -OCH3 is 1. The average Bonchev–Trinajstić information content (AvgIpc) is 2.72. The van der Waals surface area contributed by atoms with Crippen molar-refractivity contribution in [3.05, 3.63) is 58.4 Å². The van der Waals surface area contributed by atoms with E-state index < -0.39 is 4.92 Å². The summed E-state index contributed by atoms with van der Waals surface area (Å²) < 4.78 is 10.6. The van der Waals surface area contributed by atoms with Crippen molar-refractivity contribution >= 4 is 24.0 Å². The number of nitro groups is 1. The molecule has 2 heterocycles. The summed E-state index contributed by atoms with van der Waals surface area (Å²) >= 11 is 0. The Hall–Kier alpha value is -2.91. The van der Waals surface area contributed by atoms with E-state index in [1.165, 1.54) is 25.3 Å². The quantitative estimate of drug-likeness (QED) is 0.575. The number of amides is 1. The Morgan fingerprint density at radius 3 is 2.93 bits per heavy atom. The third-order valence-corrected chi connectivity index (χ3v) is 4.34. The summed E-state index contributed by atoms with van der Waals surface area (Å²) in [5, 5.41) is 14.2. The van der Waals surface area contributed by atoms with Crippen molar-refractivity contribution in [1.82, 2.24) is 15.2 Å². The van der Waals surface area contributed by atoms with Crippen molar-refractivity contribution in [2.24, 2.45) is 0 Å². The highest BCUT2D eigenvalue weighted by molar-refractivity contribution is 5.85. The van der Waals surface area contributed by atoms with Gasteiger partial charge >= 0.3 is 5.69 Å². The van der Waals surface area contributed by atoms with E-state index in [1.807, 2.05) is 12.1 Å². The van der Waals surface area contributed by atoms with Gasteiger partial charge in [0.25, 0.3) is 5.91 Å². The number of aromatic nitrogens is 1. The van der Waals surface area contributed by atoms with Crippen LogP contribution in [0, 0.1) is 10.1 Å². The Kier molecular flexibility index (Phi) is 7.53. The fourth-order valence-corrected chi connectivity index (χ4v) is 3.00. The largest absolute Gasteiger partial charge is 0.490 e. The minimum atomic E-state index is -0.535. The number of pyridine rings is 1. The van der Waals surface area contributed by atoms with Gasteiger partial charge in [-0.25, -0.2) is 0 Å². The van der Waals surface area contributed by atoms with Crippen molar-refractivity contribution in [2.75, 3.05) is 33.4 Å². The minimum absolute atomic E-state index is 0. The highest BCUT2D eigenvalue weighted by Crippen LogP contribution is 2.31. The second kappa shape index (κ2) is 9.86. The van der Waals surface area contributed by atoms with Crippen molar-refractivity contribution in [3.8, 4) is 11.5 Å². The van der Waals surface area contributed by atoms with Gasteiger partial charge < -0.3 is 19.7 Å². The minimum Gasteiger partial charge on any atom is -0.490 e. The number of carbonyl (C=O) groups excluding carboxylic acids is 1. The molecule has 0 saturated carbocycles. The maximum atomic E-state index is 12.7. The fraction of sp³-hybridized carbons (Fsp3) is 0.333. The lowest BCUT2D eigenvalue weighted by molar-refractivity contribution is -0.385. The van der Waals surface area contributed by atoms with Gasteiger partial charge in [-0.3, -0.25) is 19.9 Å². The Morgan fingerprint density at radius 1 is 1.43 bits per heavy atom. The van der Waals surface area contributed by atoms with Crippen LogP contribution in [0.2, 0.25) is 0 Å². The fourth-order valence-electron chi connectivity index (χ4n) is 3.00. The summed E-state index contributed by atoms with van der Waals surface area (Å²) in [6.45, 7) is 1.74. The summed E-state index contributed by atoms with van der Waals surface area (Å²) in [6, 6.07) is 7.81. The van der Waals surface area contributed by atoms with E-state index in [0.29, 0.717) is 25.4 Å². The van der Waals surface area contributed by atoms with Crippen LogP contribution in [0.15, 0.2) is 42.7 Å². The van der Waals surface area contributed by atoms with E-state index in [-0.39, 0.29) is 42.4 Å². The van der Waals surface area contributed by atoms with Gasteiger partial charge in [0.2, 0.25) is 5.75 Å². The molecular formula is C18H21ClN4O5. The van der Waals surface area contributed by atoms with Gasteiger partial charge in [-0.05, 0) is 17.7 Å². The predicted molar refractivity (Wildman–Crippen MR) is 104 cm³/mol. The lowest BCUT2D eigenvalue weighted by Crippen LogP contribution is -2.50. The van der Waals surface area contributed by atoms with Crippen molar-refractivity contribution in [2.45, 2.75) is 6.04 Å². The number of halogens is 1. The normalized spacial score (nSPS) is 16.0. The average molecular weight is 409 g/mol. The molecule has 1 N–H and O–H groups in total. The van der Waals surface area contributed by atoms with Crippen LogP contribution in [-0.2, 0) is 4.79 Å². The molecule has 1 saturated heterocycles. The Labute approximate surface area is 168 Å². The van der Waals surface area contributed by atoms with Crippen molar-refractivity contribution < 1.29 is 19.2 Å². The highest BCUT2D eigenvalue weighted by atomic mass is 35.5. The van der Waals surface area contributed by atoms with E-state index in [2.05, 4.69) is 10.3 Å². The van der Waals surface area contributed by atoms with Gasteiger partial charge in [0.15, 0.2) is 6.61 Å². The number of hydrogen-bond acceptors (Lipinski definition) is 7. The van der Waals surface area contributed by atoms with E-state index in [0.717, 1.165) is 5.56 Å². The first-order chi connectivity index (χ1) is 13.1. The number of ether oxygens (including phenoxy) is 2. The molecule has 28 heavy (non-hydrogen) atoms. The van der Waals surface area contributed by atoms with Crippen molar-refractivity contribution in [1.29, 1.82) is 0 Å². The van der Waals surface area contributed by atoms with Crippen LogP contribution in [0.5, 0.6) is 11.5 Å². The van der Waals surface area contributed by atoms with Gasteiger partial charge in [0, 0.05) is 44.2 Å². The monoisotopic (exact) mass is 408 g/mol. The molecule has 0 spiro atoms. The standard InChI is InChI=1S/C18H20N4O5.ClH/c1-26-17-9-14(4-5-15(17)22(24)25)27-12-18(23)21-8-7-20-11-16(21)13-3-2-6-19-10-13;/h2-6,9-10,16,20H,7-8,11-12H2,1H3;1H. The molecule has 2 aromatic rings. The van der Waals surface area contributed by atoms with Crippen LogP contribution in [-0.4, -0.2) is 54.1 Å². The van der Waals surface area contributed by atoms with Gasteiger partial charge in [0.05, 0.1) is 18.1 Å². The van der Waals surface area contributed by atoms with Crippen LogP contribution in [0.1, 0.15) is 11.6 Å². The SMILES string of the molecule is COc1cc(OCC(=O)N2CCNCC2c2cccnc2)ccc1[N+](=O)[O-].Cl. The number of nitrogens with one attached hydrogen (secondary N) is 1. The summed E-state index contributed by atoms with van der Waals surface area (Å²) in [5.41, 5.74) is 0.796. The van der Waals surface area contributed by atoms with E-state index in [1.54, 1.807) is 17.3 Å². The van der Waals surface area contributed by atoms with Crippen LogP contribution < -0.4 is 14.8 Å². The molecule has 0 radical (unpaired) electrons. The molecular weight excluding hydrogens is 388 g/mol. The number of nitrogens with zero attached hydrogens (tertiary/aromatic N) is 3. The number of benzene rings is 1. The molecule has 1 amide bonds. The number of nitro benzene ring substituents is 1. The first kappa shape index (κ1) is 21.4. The highest BCUT2D eigenvalue weighted by Gasteiger charge is 2.28. The summed E-state index contributed by atoms with van der Waals surface area (Å²) in [7, 11) is 1.34. The summed E-state index contributed by atoms with van der Waals surface area (Å²) in [6.07, 6.45) is 3.44. The summed E-state index contributed by atoms with van der Waals surface area (Å²) in [4.78, 5) is 29.0.